The molecule has 2 heterocycles. The fraction of sp³-hybridized carbons (Fsp3) is 0.200. The van der Waals surface area contributed by atoms with E-state index in [9.17, 15) is 0 Å². The van der Waals surface area contributed by atoms with E-state index >= 15 is 0 Å². The summed E-state index contributed by atoms with van der Waals surface area (Å²) in [5, 5.41) is 4.84. The van der Waals surface area contributed by atoms with Gasteiger partial charge in [0, 0.05) is 18.9 Å². The van der Waals surface area contributed by atoms with Crippen LogP contribution in [0, 0.1) is 6.92 Å². The van der Waals surface area contributed by atoms with Gasteiger partial charge in [-0.05, 0) is 24.6 Å². The van der Waals surface area contributed by atoms with Crippen molar-refractivity contribution in [3.8, 4) is 5.82 Å². The Morgan fingerprint density at radius 3 is 2.93 bits per heavy atom. The van der Waals surface area contributed by atoms with E-state index in [1.807, 2.05) is 25.3 Å². The normalized spacial score (nSPS) is 10.6. The summed E-state index contributed by atoms with van der Waals surface area (Å²) in [7, 11) is 0. The molecule has 0 radical (unpaired) electrons. The smallest absolute Gasteiger partial charge is 0.153 e. The van der Waals surface area contributed by atoms with Crippen molar-refractivity contribution in [1.82, 2.24) is 14.8 Å². The fourth-order valence-electron chi connectivity index (χ4n) is 1.29. The standard InChI is InChI=1S/C10H11ClN4/c1-7-2-3-15(14-7)10-4-8(5-12)9(11)6-13-10/h2-4,6H,5,12H2,1H3. The average molecular weight is 223 g/mol. The Labute approximate surface area is 92.7 Å². The van der Waals surface area contributed by atoms with Gasteiger partial charge in [0.25, 0.3) is 0 Å². The summed E-state index contributed by atoms with van der Waals surface area (Å²) in [6.07, 6.45) is 3.45. The summed E-state index contributed by atoms with van der Waals surface area (Å²) >= 11 is 5.92. The van der Waals surface area contributed by atoms with Crippen LogP contribution in [0.15, 0.2) is 24.5 Å². The molecule has 0 saturated carbocycles. The molecule has 0 atom stereocenters. The zero-order chi connectivity index (χ0) is 10.8. The fourth-order valence-corrected chi connectivity index (χ4v) is 1.47. The van der Waals surface area contributed by atoms with Crippen LogP contribution < -0.4 is 5.73 Å². The summed E-state index contributed by atoms with van der Waals surface area (Å²) in [5.74, 6) is 0.730. The van der Waals surface area contributed by atoms with Gasteiger partial charge in [0.05, 0.1) is 10.7 Å². The summed E-state index contributed by atoms with van der Waals surface area (Å²) in [4.78, 5) is 4.18. The SMILES string of the molecule is Cc1ccn(-c2cc(CN)c(Cl)cn2)n1. The maximum Gasteiger partial charge on any atom is 0.153 e. The number of nitrogens with zero attached hydrogens (tertiary/aromatic N) is 3. The second-order valence-corrected chi connectivity index (χ2v) is 3.65. The Bertz CT molecular complexity index is 478. The Morgan fingerprint density at radius 2 is 2.33 bits per heavy atom. The van der Waals surface area contributed by atoms with E-state index in [0.717, 1.165) is 17.1 Å². The van der Waals surface area contributed by atoms with Crippen molar-refractivity contribution in [3.63, 3.8) is 0 Å². The highest BCUT2D eigenvalue weighted by atomic mass is 35.5. The van der Waals surface area contributed by atoms with Crippen molar-refractivity contribution >= 4 is 11.6 Å². The van der Waals surface area contributed by atoms with Crippen LogP contribution in [-0.4, -0.2) is 14.8 Å². The topological polar surface area (TPSA) is 56.7 Å². The second kappa shape index (κ2) is 4.00. The minimum atomic E-state index is 0.397. The van der Waals surface area contributed by atoms with Gasteiger partial charge in [0.1, 0.15) is 0 Å². The number of pyridine rings is 1. The summed E-state index contributed by atoms with van der Waals surface area (Å²) in [6, 6.07) is 3.76. The predicted molar refractivity (Wildman–Crippen MR) is 59.0 cm³/mol. The largest absolute Gasteiger partial charge is 0.326 e. The highest BCUT2D eigenvalue weighted by Crippen LogP contribution is 2.16. The van der Waals surface area contributed by atoms with Crippen molar-refractivity contribution in [1.29, 1.82) is 0 Å². The lowest BCUT2D eigenvalue weighted by molar-refractivity contribution is 0.828. The van der Waals surface area contributed by atoms with Gasteiger partial charge in [-0.2, -0.15) is 5.10 Å². The summed E-state index contributed by atoms with van der Waals surface area (Å²) < 4.78 is 1.70. The van der Waals surface area contributed by atoms with Crippen molar-refractivity contribution in [2.24, 2.45) is 5.73 Å². The Morgan fingerprint density at radius 1 is 1.53 bits per heavy atom. The minimum absolute atomic E-state index is 0.397. The Kier molecular flexibility index (Phi) is 2.70. The van der Waals surface area contributed by atoms with Gasteiger partial charge in [0.2, 0.25) is 0 Å². The van der Waals surface area contributed by atoms with E-state index in [4.69, 9.17) is 17.3 Å². The molecule has 5 heteroatoms. The minimum Gasteiger partial charge on any atom is -0.326 e. The molecule has 0 aliphatic heterocycles. The molecule has 0 unspecified atom stereocenters. The molecule has 0 bridgehead atoms. The maximum absolute atomic E-state index is 5.92. The van der Waals surface area contributed by atoms with Crippen molar-refractivity contribution in [3.05, 3.63) is 40.8 Å². The van der Waals surface area contributed by atoms with Crippen molar-refractivity contribution in [2.45, 2.75) is 13.5 Å². The van der Waals surface area contributed by atoms with Gasteiger partial charge >= 0.3 is 0 Å². The summed E-state index contributed by atoms with van der Waals surface area (Å²) in [5.41, 5.74) is 7.38. The van der Waals surface area contributed by atoms with Gasteiger partial charge in [-0.25, -0.2) is 9.67 Å². The molecule has 0 aliphatic rings. The van der Waals surface area contributed by atoms with Crippen LogP contribution >= 0.6 is 11.6 Å². The van der Waals surface area contributed by atoms with Crippen LogP contribution in [0.5, 0.6) is 0 Å². The van der Waals surface area contributed by atoms with E-state index in [0.29, 0.717) is 11.6 Å². The number of rotatable bonds is 2. The van der Waals surface area contributed by atoms with Crippen LogP contribution in [0.1, 0.15) is 11.3 Å². The third-order valence-electron chi connectivity index (χ3n) is 2.10. The molecule has 0 fully saturated rings. The second-order valence-electron chi connectivity index (χ2n) is 3.24. The molecule has 15 heavy (non-hydrogen) atoms. The molecule has 0 amide bonds. The molecule has 4 nitrogen and oxygen atoms in total. The lowest BCUT2D eigenvalue weighted by Gasteiger charge is -2.04. The lowest BCUT2D eigenvalue weighted by Crippen LogP contribution is -2.03. The molecule has 2 aromatic heterocycles. The van der Waals surface area contributed by atoms with Gasteiger partial charge in [-0.15, -0.1) is 0 Å². The maximum atomic E-state index is 5.92. The molecule has 0 aromatic carbocycles. The first-order valence-corrected chi connectivity index (χ1v) is 4.95. The molecular formula is C10H11ClN4. The molecule has 2 rings (SSSR count). The predicted octanol–water partition coefficient (Wildman–Crippen LogP) is 1.69. The van der Waals surface area contributed by atoms with Crippen molar-refractivity contribution in [2.75, 3.05) is 0 Å². The van der Waals surface area contributed by atoms with Crippen LogP contribution in [0.4, 0.5) is 0 Å². The number of hydrogen-bond donors (Lipinski definition) is 1. The monoisotopic (exact) mass is 222 g/mol. The van der Waals surface area contributed by atoms with Gasteiger partial charge in [-0.1, -0.05) is 11.6 Å². The molecule has 0 spiro atoms. The number of aryl methyl sites for hydroxylation is 1. The van der Waals surface area contributed by atoms with Crippen molar-refractivity contribution < 1.29 is 0 Å². The number of halogens is 1. The van der Waals surface area contributed by atoms with Gasteiger partial charge in [0.15, 0.2) is 5.82 Å². The molecule has 0 saturated heterocycles. The molecule has 2 N–H and O–H groups in total. The zero-order valence-electron chi connectivity index (χ0n) is 8.31. The molecule has 2 aromatic rings. The lowest BCUT2D eigenvalue weighted by atomic mass is 10.2. The van der Waals surface area contributed by atoms with E-state index < -0.39 is 0 Å². The number of hydrogen-bond acceptors (Lipinski definition) is 3. The Balaban J connectivity index is 2.45. The van der Waals surface area contributed by atoms with E-state index in [-0.39, 0.29) is 0 Å². The first-order valence-electron chi connectivity index (χ1n) is 4.58. The van der Waals surface area contributed by atoms with E-state index in [1.54, 1.807) is 10.9 Å². The first kappa shape index (κ1) is 10.1. The number of aromatic nitrogens is 3. The van der Waals surface area contributed by atoms with E-state index in [1.165, 1.54) is 0 Å². The summed E-state index contributed by atoms with van der Waals surface area (Å²) in [6.45, 7) is 2.32. The van der Waals surface area contributed by atoms with Crippen LogP contribution in [0.3, 0.4) is 0 Å². The van der Waals surface area contributed by atoms with Crippen LogP contribution in [0.25, 0.3) is 5.82 Å². The molecule has 0 aliphatic carbocycles. The third-order valence-corrected chi connectivity index (χ3v) is 2.44. The van der Waals surface area contributed by atoms with E-state index in [2.05, 4.69) is 10.1 Å². The van der Waals surface area contributed by atoms with Crippen LogP contribution in [0.2, 0.25) is 5.02 Å². The van der Waals surface area contributed by atoms with Crippen LogP contribution in [-0.2, 0) is 6.54 Å². The Hall–Kier alpha value is -1.39. The average Bonchev–Trinajstić information content (AvgIpc) is 2.66. The van der Waals surface area contributed by atoms with Gasteiger partial charge < -0.3 is 5.73 Å². The highest BCUT2D eigenvalue weighted by Gasteiger charge is 2.04. The third kappa shape index (κ3) is 2.00. The quantitative estimate of drug-likeness (QED) is 0.841. The molecule has 78 valence electrons. The zero-order valence-corrected chi connectivity index (χ0v) is 9.07. The van der Waals surface area contributed by atoms with Gasteiger partial charge in [-0.3, -0.25) is 0 Å². The number of nitrogens with two attached hydrogens (primary N) is 1. The highest BCUT2D eigenvalue weighted by molar-refractivity contribution is 6.31. The first-order chi connectivity index (χ1) is 7.20. The molecular weight excluding hydrogens is 212 g/mol.